The Kier molecular flexibility index (Phi) is 4.17. The molecule has 1 aliphatic rings. The molecule has 1 unspecified atom stereocenters. The summed E-state index contributed by atoms with van der Waals surface area (Å²) in [5.74, 6) is -0.615. The summed E-state index contributed by atoms with van der Waals surface area (Å²) in [5, 5.41) is 2.44. The Bertz CT molecular complexity index is 560. The SMILES string of the molecule is COC1CNC(=O)N(c2cccc(C(F)(F)F)c2)C(=O)C1. The average molecular weight is 302 g/mol. The third-order valence-corrected chi connectivity index (χ3v) is 3.10. The minimum Gasteiger partial charge on any atom is -0.379 e. The molecule has 1 fully saturated rings. The fourth-order valence-electron chi connectivity index (χ4n) is 2.00. The van der Waals surface area contributed by atoms with Crippen molar-refractivity contribution in [3.63, 3.8) is 0 Å². The van der Waals surface area contributed by atoms with Crippen LogP contribution in [0.4, 0.5) is 23.7 Å². The highest BCUT2D eigenvalue weighted by Gasteiger charge is 2.34. The number of methoxy groups -OCH3 is 1. The van der Waals surface area contributed by atoms with E-state index >= 15 is 0 Å². The monoisotopic (exact) mass is 302 g/mol. The van der Waals surface area contributed by atoms with Gasteiger partial charge in [-0.25, -0.2) is 9.69 Å². The quantitative estimate of drug-likeness (QED) is 0.911. The summed E-state index contributed by atoms with van der Waals surface area (Å²) in [7, 11) is 1.39. The molecule has 8 heteroatoms. The standard InChI is InChI=1S/C13H13F3N2O3/c1-21-10-6-11(19)18(12(20)17-7-10)9-4-2-3-8(5-9)13(14,15)16/h2-5,10H,6-7H2,1H3,(H,17,20). The summed E-state index contributed by atoms with van der Waals surface area (Å²) < 4.78 is 43.1. The first-order valence-electron chi connectivity index (χ1n) is 6.13. The van der Waals surface area contributed by atoms with Crippen LogP contribution in [0.3, 0.4) is 0 Å². The van der Waals surface area contributed by atoms with Crippen LogP contribution in [0.5, 0.6) is 0 Å². The normalized spacial score (nSPS) is 20.2. The van der Waals surface area contributed by atoms with Crippen molar-refractivity contribution in [3.8, 4) is 0 Å². The molecule has 5 nitrogen and oxygen atoms in total. The van der Waals surface area contributed by atoms with Gasteiger partial charge in [0.1, 0.15) is 0 Å². The number of hydrogen-bond donors (Lipinski definition) is 1. The van der Waals surface area contributed by atoms with Crippen LogP contribution >= 0.6 is 0 Å². The maximum absolute atomic E-state index is 12.7. The van der Waals surface area contributed by atoms with Crippen LogP contribution in [-0.2, 0) is 15.7 Å². The molecule has 0 saturated carbocycles. The van der Waals surface area contributed by atoms with E-state index in [-0.39, 0.29) is 18.7 Å². The molecule has 0 spiro atoms. The second-order valence-electron chi connectivity index (χ2n) is 4.53. The Labute approximate surface area is 118 Å². The topological polar surface area (TPSA) is 58.6 Å². The highest BCUT2D eigenvalue weighted by Crippen LogP contribution is 2.32. The van der Waals surface area contributed by atoms with Gasteiger partial charge in [-0.3, -0.25) is 4.79 Å². The first-order chi connectivity index (χ1) is 9.82. The fourth-order valence-corrected chi connectivity index (χ4v) is 2.00. The molecule has 1 aromatic carbocycles. The van der Waals surface area contributed by atoms with Crippen molar-refractivity contribution >= 4 is 17.6 Å². The lowest BCUT2D eigenvalue weighted by Gasteiger charge is -2.19. The Morgan fingerprint density at radius 1 is 1.33 bits per heavy atom. The molecule has 114 valence electrons. The molecule has 21 heavy (non-hydrogen) atoms. The number of benzene rings is 1. The lowest BCUT2D eigenvalue weighted by molar-refractivity contribution is -0.137. The van der Waals surface area contributed by atoms with Gasteiger partial charge in [0.25, 0.3) is 0 Å². The molecule has 0 aliphatic carbocycles. The van der Waals surface area contributed by atoms with Crippen molar-refractivity contribution in [3.05, 3.63) is 29.8 Å². The number of nitrogens with one attached hydrogen (secondary N) is 1. The van der Waals surface area contributed by atoms with Crippen LogP contribution in [-0.4, -0.2) is 31.7 Å². The molecule has 1 atom stereocenters. The number of ether oxygens (including phenoxy) is 1. The van der Waals surface area contributed by atoms with Crippen LogP contribution in [0.25, 0.3) is 0 Å². The minimum atomic E-state index is -4.55. The summed E-state index contributed by atoms with van der Waals surface area (Å²) >= 11 is 0. The van der Waals surface area contributed by atoms with Crippen molar-refractivity contribution in [2.45, 2.75) is 18.7 Å². The van der Waals surface area contributed by atoms with E-state index in [2.05, 4.69) is 5.32 Å². The van der Waals surface area contributed by atoms with Crippen LogP contribution < -0.4 is 10.2 Å². The van der Waals surface area contributed by atoms with Crippen molar-refractivity contribution in [2.75, 3.05) is 18.6 Å². The van der Waals surface area contributed by atoms with Crippen LogP contribution in [0, 0.1) is 0 Å². The van der Waals surface area contributed by atoms with Crippen molar-refractivity contribution in [1.82, 2.24) is 5.32 Å². The molecule has 1 heterocycles. The molecule has 1 aromatic rings. The number of rotatable bonds is 2. The summed E-state index contributed by atoms with van der Waals surface area (Å²) in [6.45, 7) is 0.122. The summed E-state index contributed by atoms with van der Waals surface area (Å²) in [6.07, 6.45) is -5.14. The average Bonchev–Trinajstić information content (AvgIpc) is 2.56. The van der Waals surface area contributed by atoms with E-state index in [0.29, 0.717) is 4.90 Å². The number of urea groups is 1. The number of carbonyl (C=O) groups is 2. The molecule has 2 rings (SSSR count). The number of hydrogen-bond acceptors (Lipinski definition) is 3. The van der Waals surface area contributed by atoms with E-state index in [4.69, 9.17) is 4.74 Å². The second kappa shape index (κ2) is 5.72. The van der Waals surface area contributed by atoms with Gasteiger partial charge in [-0.05, 0) is 18.2 Å². The molecule has 0 bridgehead atoms. The van der Waals surface area contributed by atoms with Crippen LogP contribution in [0.2, 0.25) is 0 Å². The summed E-state index contributed by atoms with van der Waals surface area (Å²) in [6, 6.07) is 3.31. The first kappa shape index (κ1) is 15.3. The van der Waals surface area contributed by atoms with Gasteiger partial charge >= 0.3 is 12.2 Å². The van der Waals surface area contributed by atoms with Gasteiger partial charge < -0.3 is 10.1 Å². The van der Waals surface area contributed by atoms with Gasteiger partial charge in [-0.15, -0.1) is 0 Å². The van der Waals surface area contributed by atoms with Gasteiger partial charge in [0.15, 0.2) is 0 Å². The molecule has 0 aromatic heterocycles. The Morgan fingerprint density at radius 2 is 2.05 bits per heavy atom. The largest absolute Gasteiger partial charge is 0.416 e. The Morgan fingerprint density at radius 3 is 2.67 bits per heavy atom. The third kappa shape index (κ3) is 3.33. The Hall–Kier alpha value is -2.09. The van der Waals surface area contributed by atoms with E-state index in [1.54, 1.807) is 0 Å². The lowest BCUT2D eigenvalue weighted by Crippen LogP contribution is -2.41. The second-order valence-corrected chi connectivity index (χ2v) is 4.53. The zero-order chi connectivity index (χ0) is 15.6. The molecular weight excluding hydrogens is 289 g/mol. The molecular formula is C13H13F3N2O3. The Balaban J connectivity index is 2.35. The van der Waals surface area contributed by atoms with Gasteiger partial charge in [-0.2, -0.15) is 13.2 Å². The smallest absolute Gasteiger partial charge is 0.379 e. The maximum atomic E-state index is 12.7. The summed E-state index contributed by atoms with van der Waals surface area (Å²) in [5.41, 5.74) is -1.04. The predicted molar refractivity (Wildman–Crippen MR) is 67.7 cm³/mol. The number of halogens is 3. The van der Waals surface area contributed by atoms with Crippen LogP contribution in [0.1, 0.15) is 12.0 Å². The number of carbonyl (C=O) groups excluding carboxylic acids is 2. The third-order valence-electron chi connectivity index (χ3n) is 3.10. The van der Waals surface area contributed by atoms with Crippen molar-refractivity contribution in [2.24, 2.45) is 0 Å². The van der Waals surface area contributed by atoms with Gasteiger partial charge in [0.05, 0.1) is 23.8 Å². The molecule has 1 N–H and O–H groups in total. The summed E-state index contributed by atoms with van der Waals surface area (Å²) in [4.78, 5) is 24.7. The highest BCUT2D eigenvalue weighted by atomic mass is 19.4. The van der Waals surface area contributed by atoms with Gasteiger partial charge in [0.2, 0.25) is 5.91 Å². The van der Waals surface area contributed by atoms with E-state index in [9.17, 15) is 22.8 Å². The van der Waals surface area contributed by atoms with Crippen molar-refractivity contribution in [1.29, 1.82) is 0 Å². The van der Waals surface area contributed by atoms with Gasteiger partial charge in [0, 0.05) is 13.7 Å². The maximum Gasteiger partial charge on any atom is 0.416 e. The highest BCUT2D eigenvalue weighted by molar-refractivity contribution is 6.14. The minimum absolute atomic E-state index is 0.0918. The van der Waals surface area contributed by atoms with E-state index in [1.807, 2.05) is 0 Å². The van der Waals surface area contributed by atoms with E-state index in [1.165, 1.54) is 13.2 Å². The molecule has 0 radical (unpaired) electrons. The fraction of sp³-hybridized carbons (Fsp3) is 0.385. The van der Waals surface area contributed by atoms with Crippen molar-refractivity contribution < 1.29 is 27.5 Å². The number of amides is 3. The first-order valence-corrected chi connectivity index (χ1v) is 6.13. The predicted octanol–water partition coefficient (Wildman–Crippen LogP) is 2.17. The zero-order valence-corrected chi connectivity index (χ0v) is 11.1. The number of alkyl halides is 3. The van der Waals surface area contributed by atoms with E-state index in [0.717, 1.165) is 18.2 Å². The number of anilines is 1. The van der Waals surface area contributed by atoms with Crippen LogP contribution in [0.15, 0.2) is 24.3 Å². The van der Waals surface area contributed by atoms with Gasteiger partial charge in [-0.1, -0.05) is 6.07 Å². The number of nitrogens with zero attached hydrogens (tertiary/aromatic N) is 1. The zero-order valence-electron chi connectivity index (χ0n) is 11.1. The van der Waals surface area contributed by atoms with E-state index < -0.39 is 29.8 Å². The molecule has 1 saturated heterocycles. The molecule has 3 amide bonds. The lowest BCUT2D eigenvalue weighted by atomic mass is 10.1. The molecule has 1 aliphatic heterocycles. The number of imide groups is 1.